The summed E-state index contributed by atoms with van der Waals surface area (Å²) >= 11 is 1.11. The zero-order valence-corrected chi connectivity index (χ0v) is 16.4. The predicted molar refractivity (Wildman–Crippen MR) is 97.6 cm³/mol. The molecule has 142 valence electrons. The summed E-state index contributed by atoms with van der Waals surface area (Å²) in [6.07, 6.45) is 5.10. The zero-order valence-electron chi connectivity index (χ0n) is 14.8. The minimum absolute atomic E-state index is 0.0556. The number of hydrogen-bond acceptors (Lipinski definition) is 7. The molecule has 0 bridgehead atoms. The summed E-state index contributed by atoms with van der Waals surface area (Å²) in [4.78, 5) is 12.3. The molecule has 3 rings (SSSR count). The summed E-state index contributed by atoms with van der Waals surface area (Å²) in [6, 6.07) is 4.76. The van der Waals surface area contributed by atoms with E-state index in [2.05, 4.69) is 5.16 Å². The van der Waals surface area contributed by atoms with Crippen molar-refractivity contribution in [3.8, 4) is 10.6 Å². The van der Waals surface area contributed by atoms with Crippen LogP contribution in [0.1, 0.15) is 49.5 Å². The van der Waals surface area contributed by atoms with E-state index in [1.165, 1.54) is 16.8 Å². The molecule has 2 heterocycles. The number of rotatable bonds is 6. The molecule has 2 aromatic heterocycles. The number of carbonyl (C=O) groups is 1. The Labute approximate surface area is 157 Å². The van der Waals surface area contributed by atoms with Crippen molar-refractivity contribution in [2.24, 2.45) is 0 Å². The average Bonchev–Trinajstić information content (AvgIpc) is 3.31. The molecule has 0 N–H and O–H groups in total. The van der Waals surface area contributed by atoms with E-state index >= 15 is 0 Å². The number of sulfonamides is 1. The summed E-state index contributed by atoms with van der Waals surface area (Å²) < 4.78 is 37.6. The maximum atomic E-state index is 12.9. The molecule has 1 aliphatic carbocycles. The lowest BCUT2D eigenvalue weighted by Gasteiger charge is -2.29. The molecule has 0 aliphatic heterocycles. The second-order valence-electron chi connectivity index (χ2n) is 6.23. The number of hydrogen-bond donors (Lipinski definition) is 0. The molecule has 1 fully saturated rings. The zero-order chi connectivity index (χ0) is 18.7. The molecule has 0 unspecified atom stereocenters. The fourth-order valence-corrected chi connectivity index (χ4v) is 5.92. The van der Waals surface area contributed by atoms with Crippen LogP contribution in [-0.4, -0.2) is 43.5 Å². The van der Waals surface area contributed by atoms with Gasteiger partial charge in [0.15, 0.2) is 11.5 Å². The highest BCUT2D eigenvalue weighted by Gasteiger charge is 2.30. The lowest BCUT2D eigenvalue weighted by molar-refractivity contribution is 0.0514. The second-order valence-corrected chi connectivity index (χ2v) is 9.54. The van der Waals surface area contributed by atoms with Crippen molar-refractivity contribution in [3.05, 3.63) is 23.9 Å². The Morgan fingerprint density at radius 1 is 1.35 bits per heavy atom. The van der Waals surface area contributed by atoms with E-state index in [1.54, 1.807) is 26.1 Å². The fraction of sp³-hybridized carbons (Fsp3) is 0.529. The Balaban J connectivity index is 1.79. The maximum absolute atomic E-state index is 12.9. The molecule has 7 nitrogen and oxygen atoms in total. The molecule has 1 saturated carbocycles. The molecule has 0 saturated heterocycles. The maximum Gasteiger partial charge on any atom is 0.360 e. The first-order chi connectivity index (χ1) is 12.4. The number of nitrogens with zero attached hydrogens (tertiary/aromatic N) is 2. The quantitative estimate of drug-likeness (QED) is 0.692. The Bertz CT molecular complexity index is 865. The molecule has 26 heavy (non-hydrogen) atoms. The van der Waals surface area contributed by atoms with Crippen LogP contribution in [0.15, 0.2) is 26.9 Å². The number of aromatic nitrogens is 1. The normalized spacial score (nSPS) is 16.1. The SMILES string of the molecule is CCOC(=O)c1cc(-c2ccc(S(=O)(=O)N(C)C3CCCCC3)s2)on1. The van der Waals surface area contributed by atoms with Gasteiger partial charge in [0.1, 0.15) is 4.21 Å². The molecular weight excluding hydrogens is 376 g/mol. The van der Waals surface area contributed by atoms with E-state index in [0.717, 1.165) is 37.0 Å². The molecule has 0 spiro atoms. The van der Waals surface area contributed by atoms with Gasteiger partial charge >= 0.3 is 5.97 Å². The summed E-state index contributed by atoms with van der Waals surface area (Å²) in [7, 11) is -1.89. The number of carbonyl (C=O) groups excluding carboxylic acids is 1. The molecule has 0 amide bonds. The molecule has 0 radical (unpaired) electrons. The van der Waals surface area contributed by atoms with Crippen LogP contribution in [0.5, 0.6) is 0 Å². The van der Waals surface area contributed by atoms with Crippen molar-refractivity contribution in [3.63, 3.8) is 0 Å². The van der Waals surface area contributed by atoms with E-state index in [0.29, 0.717) is 10.6 Å². The fourth-order valence-electron chi connectivity index (χ4n) is 3.07. The first-order valence-corrected chi connectivity index (χ1v) is 10.9. The Hall–Kier alpha value is -1.71. The van der Waals surface area contributed by atoms with Crippen molar-refractivity contribution in [2.75, 3.05) is 13.7 Å². The largest absolute Gasteiger partial charge is 0.461 e. The van der Waals surface area contributed by atoms with Crippen molar-refractivity contribution >= 4 is 27.3 Å². The van der Waals surface area contributed by atoms with Crippen molar-refractivity contribution < 1.29 is 22.5 Å². The monoisotopic (exact) mass is 398 g/mol. The van der Waals surface area contributed by atoms with Crippen molar-refractivity contribution in [1.29, 1.82) is 0 Å². The van der Waals surface area contributed by atoms with Crippen LogP contribution < -0.4 is 0 Å². The third kappa shape index (κ3) is 3.84. The van der Waals surface area contributed by atoms with Crippen LogP contribution in [0.3, 0.4) is 0 Å². The Morgan fingerprint density at radius 2 is 2.08 bits per heavy atom. The van der Waals surface area contributed by atoms with Gasteiger partial charge in [-0.25, -0.2) is 13.2 Å². The Morgan fingerprint density at radius 3 is 2.77 bits per heavy atom. The molecule has 1 aliphatic rings. The van der Waals surface area contributed by atoms with Gasteiger partial charge in [-0.05, 0) is 31.9 Å². The smallest absolute Gasteiger partial charge is 0.360 e. The van der Waals surface area contributed by atoms with Gasteiger partial charge in [0.25, 0.3) is 10.0 Å². The first kappa shape index (κ1) is 19.1. The summed E-state index contributed by atoms with van der Waals surface area (Å²) in [5.41, 5.74) is 0.0685. The van der Waals surface area contributed by atoms with Crippen LogP contribution in [0.25, 0.3) is 10.6 Å². The van der Waals surface area contributed by atoms with Crippen molar-refractivity contribution in [1.82, 2.24) is 9.46 Å². The van der Waals surface area contributed by atoms with E-state index in [-0.39, 0.29) is 22.6 Å². The highest BCUT2D eigenvalue weighted by Crippen LogP contribution is 2.34. The highest BCUT2D eigenvalue weighted by atomic mass is 32.2. The summed E-state index contributed by atoms with van der Waals surface area (Å²) in [5.74, 6) is -0.219. The van der Waals surface area contributed by atoms with Gasteiger partial charge in [-0.1, -0.05) is 24.4 Å². The molecule has 0 aromatic carbocycles. The molecule has 9 heteroatoms. The number of esters is 1. The van der Waals surface area contributed by atoms with Crippen LogP contribution in [0, 0.1) is 0 Å². The van der Waals surface area contributed by atoms with E-state index < -0.39 is 16.0 Å². The third-order valence-electron chi connectivity index (χ3n) is 4.54. The van der Waals surface area contributed by atoms with Crippen LogP contribution >= 0.6 is 11.3 Å². The second kappa shape index (κ2) is 7.89. The molecule has 0 atom stereocenters. The summed E-state index contributed by atoms with van der Waals surface area (Å²) in [6.45, 7) is 1.95. The van der Waals surface area contributed by atoms with Crippen molar-refractivity contribution in [2.45, 2.75) is 49.3 Å². The standard InChI is InChI=1S/C17H22N2O5S2/c1-3-23-17(20)13-11-14(24-18-13)15-9-10-16(25-15)26(21,22)19(2)12-7-5-4-6-8-12/h9-12H,3-8H2,1-2H3. The molecular formula is C17H22N2O5S2. The van der Waals surface area contributed by atoms with Gasteiger partial charge in [0, 0.05) is 19.2 Å². The van der Waals surface area contributed by atoms with Gasteiger partial charge in [-0.3, -0.25) is 0 Å². The minimum atomic E-state index is -3.55. The average molecular weight is 399 g/mol. The highest BCUT2D eigenvalue weighted by molar-refractivity contribution is 7.91. The van der Waals surface area contributed by atoms with E-state index in [1.807, 2.05) is 0 Å². The number of ether oxygens (including phenoxy) is 1. The topological polar surface area (TPSA) is 89.7 Å². The van der Waals surface area contributed by atoms with Gasteiger partial charge < -0.3 is 9.26 Å². The predicted octanol–water partition coefficient (Wildman–Crippen LogP) is 3.53. The van der Waals surface area contributed by atoms with Crippen LogP contribution in [-0.2, 0) is 14.8 Å². The first-order valence-electron chi connectivity index (χ1n) is 8.65. The van der Waals surface area contributed by atoms with Gasteiger partial charge in [0.2, 0.25) is 0 Å². The minimum Gasteiger partial charge on any atom is -0.461 e. The van der Waals surface area contributed by atoms with Crippen LogP contribution in [0.2, 0.25) is 0 Å². The van der Waals surface area contributed by atoms with E-state index in [9.17, 15) is 13.2 Å². The summed E-state index contributed by atoms with van der Waals surface area (Å²) in [5, 5.41) is 3.69. The number of thiophene rings is 1. The lowest BCUT2D eigenvalue weighted by atomic mass is 9.96. The lowest BCUT2D eigenvalue weighted by Crippen LogP contribution is -2.37. The van der Waals surface area contributed by atoms with Gasteiger partial charge in [0.05, 0.1) is 11.5 Å². The van der Waals surface area contributed by atoms with Gasteiger partial charge in [-0.2, -0.15) is 4.31 Å². The molecule has 2 aromatic rings. The van der Waals surface area contributed by atoms with Crippen LogP contribution in [0.4, 0.5) is 0 Å². The Kier molecular flexibility index (Phi) is 5.79. The van der Waals surface area contributed by atoms with E-state index in [4.69, 9.17) is 9.26 Å². The van der Waals surface area contributed by atoms with Gasteiger partial charge in [-0.15, -0.1) is 11.3 Å². The third-order valence-corrected chi connectivity index (χ3v) is 8.02.